The zero-order valence-electron chi connectivity index (χ0n) is 17.3. The van der Waals surface area contributed by atoms with Gasteiger partial charge in [0.05, 0.1) is 5.69 Å². The average molecular weight is 387 g/mol. The lowest BCUT2D eigenvalue weighted by atomic mass is 9.96. The number of aromatic nitrogens is 4. The molecule has 4 rings (SSSR count). The fourth-order valence-corrected chi connectivity index (χ4v) is 4.32. The molecule has 8 heteroatoms. The molecule has 0 bridgehead atoms. The fraction of sp³-hybridized carbons (Fsp3) is 0.700. The zero-order valence-corrected chi connectivity index (χ0v) is 17.3. The Labute approximate surface area is 165 Å². The Morgan fingerprint density at radius 1 is 1.11 bits per heavy atom. The topological polar surface area (TPSA) is 80.3 Å². The van der Waals surface area contributed by atoms with Crippen LogP contribution in [0, 0.1) is 6.92 Å². The molecule has 0 saturated carbocycles. The third-order valence-corrected chi connectivity index (χ3v) is 6.08. The minimum Gasteiger partial charge on any atom is -0.361 e. The van der Waals surface area contributed by atoms with Crippen molar-refractivity contribution in [2.24, 2.45) is 0 Å². The maximum atomic E-state index is 13.2. The average Bonchev–Trinajstić information content (AvgIpc) is 3.19. The first-order valence-corrected chi connectivity index (χ1v) is 10.3. The number of rotatable bonds is 3. The Balaban J connectivity index is 1.51. The SMILES string of the molecule is Cc1onc(C(C)C)c1C(=O)N1CCc2nnc(C3CCN(C)CC3)n2CC1. The maximum Gasteiger partial charge on any atom is 0.259 e. The Bertz CT molecular complexity index is 847. The lowest BCUT2D eigenvalue weighted by Gasteiger charge is -2.28. The van der Waals surface area contributed by atoms with Gasteiger partial charge in [-0.2, -0.15) is 0 Å². The Hall–Kier alpha value is -2.22. The van der Waals surface area contributed by atoms with Crippen LogP contribution in [0.3, 0.4) is 0 Å². The summed E-state index contributed by atoms with van der Waals surface area (Å²) in [7, 11) is 2.17. The molecule has 152 valence electrons. The second kappa shape index (κ2) is 7.66. The molecular formula is C20H30N6O2. The van der Waals surface area contributed by atoms with Crippen LogP contribution in [-0.2, 0) is 13.0 Å². The van der Waals surface area contributed by atoms with Crippen LogP contribution < -0.4 is 0 Å². The number of carbonyl (C=O) groups excluding carboxylic acids is 1. The Morgan fingerprint density at radius 2 is 1.86 bits per heavy atom. The van der Waals surface area contributed by atoms with E-state index in [-0.39, 0.29) is 11.8 Å². The summed E-state index contributed by atoms with van der Waals surface area (Å²) in [6.07, 6.45) is 2.97. The van der Waals surface area contributed by atoms with Crippen LogP contribution in [0.1, 0.15) is 72.0 Å². The standard InChI is InChI=1S/C20H30N6O2/c1-13(2)18-17(14(3)28-23-18)20(27)25-10-7-16-21-22-19(26(16)12-11-25)15-5-8-24(4)9-6-15/h13,15H,5-12H2,1-4H3. The van der Waals surface area contributed by atoms with E-state index >= 15 is 0 Å². The number of amides is 1. The zero-order chi connectivity index (χ0) is 19.8. The van der Waals surface area contributed by atoms with Gasteiger partial charge in [0.25, 0.3) is 5.91 Å². The summed E-state index contributed by atoms with van der Waals surface area (Å²) in [5.41, 5.74) is 1.38. The van der Waals surface area contributed by atoms with Crippen LogP contribution in [0.4, 0.5) is 0 Å². The van der Waals surface area contributed by atoms with Crippen molar-refractivity contribution in [2.75, 3.05) is 33.2 Å². The second-order valence-electron chi connectivity index (χ2n) is 8.40. The first kappa shape index (κ1) is 19.1. The van der Waals surface area contributed by atoms with Crippen molar-refractivity contribution in [1.29, 1.82) is 0 Å². The fourth-order valence-electron chi connectivity index (χ4n) is 4.32. The van der Waals surface area contributed by atoms with E-state index in [4.69, 9.17) is 4.52 Å². The molecule has 0 unspecified atom stereocenters. The summed E-state index contributed by atoms with van der Waals surface area (Å²) in [6.45, 7) is 10.1. The summed E-state index contributed by atoms with van der Waals surface area (Å²) in [6, 6.07) is 0. The molecule has 1 amide bonds. The summed E-state index contributed by atoms with van der Waals surface area (Å²) < 4.78 is 7.58. The lowest BCUT2D eigenvalue weighted by Crippen LogP contribution is -2.35. The number of aryl methyl sites for hydroxylation is 1. The molecule has 2 aliphatic rings. The summed E-state index contributed by atoms with van der Waals surface area (Å²) >= 11 is 0. The minimum atomic E-state index is 0.0157. The van der Waals surface area contributed by atoms with Gasteiger partial charge < -0.3 is 18.9 Å². The van der Waals surface area contributed by atoms with Gasteiger partial charge in [-0.05, 0) is 45.8 Å². The number of piperidine rings is 1. The van der Waals surface area contributed by atoms with Crippen molar-refractivity contribution < 1.29 is 9.32 Å². The summed E-state index contributed by atoms with van der Waals surface area (Å²) in [5, 5.41) is 13.1. The second-order valence-corrected chi connectivity index (χ2v) is 8.40. The van der Waals surface area contributed by atoms with Crippen molar-refractivity contribution in [3.05, 3.63) is 28.7 Å². The van der Waals surface area contributed by atoms with Crippen molar-refractivity contribution in [3.8, 4) is 0 Å². The van der Waals surface area contributed by atoms with E-state index in [9.17, 15) is 4.79 Å². The van der Waals surface area contributed by atoms with Gasteiger partial charge in [-0.3, -0.25) is 4.79 Å². The monoisotopic (exact) mass is 386 g/mol. The van der Waals surface area contributed by atoms with Crippen LogP contribution in [0.15, 0.2) is 4.52 Å². The number of hydrogen-bond acceptors (Lipinski definition) is 6. The molecule has 1 fully saturated rings. The van der Waals surface area contributed by atoms with E-state index < -0.39 is 0 Å². The number of hydrogen-bond donors (Lipinski definition) is 0. The van der Waals surface area contributed by atoms with Crippen LogP contribution in [0.5, 0.6) is 0 Å². The van der Waals surface area contributed by atoms with Gasteiger partial charge >= 0.3 is 0 Å². The minimum absolute atomic E-state index is 0.0157. The highest BCUT2D eigenvalue weighted by molar-refractivity contribution is 5.96. The highest BCUT2D eigenvalue weighted by atomic mass is 16.5. The first-order chi connectivity index (χ1) is 13.5. The van der Waals surface area contributed by atoms with Gasteiger partial charge in [0.15, 0.2) is 0 Å². The van der Waals surface area contributed by atoms with E-state index in [1.54, 1.807) is 0 Å². The Morgan fingerprint density at radius 3 is 2.57 bits per heavy atom. The van der Waals surface area contributed by atoms with Gasteiger partial charge in [-0.15, -0.1) is 10.2 Å². The highest BCUT2D eigenvalue weighted by Gasteiger charge is 2.30. The molecule has 0 atom stereocenters. The predicted molar refractivity (Wildman–Crippen MR) is 104 cm³/mol. The Kier molecular flexibility index (Phi) is 5.23. The molecule has 0 aromatic carbocycles. The molecule has 28 heavy (non-hydrogen) atoms. The summed E-state index contributed by atoms with van der Waals surface area (Å²) in [4.78, 5) is 17.5. The molecule has 0 aliphatic carbocycles. The van der Waals surface area contributed by atoms with Gasteiger partial charge in [-0.1, -0.05) is 19.0 Å². The molecule has 0 spiro atoms. The van der Waals surface area contributed by atoms with Gasteiger partial charge in [0.1, 0.15) is 23.0 Å². The molecule has 8 nitrogen and oxygen atoms in total. The first-order valence-electron chi connectivity index (χ1n) is 10.3. The third-order valence-electron chi connectivity index (χ3n) is 6.08. The summed E-state index contributed by atoms with van der Waals surface area (Å²) in [5.74, 6) is 3.33. The normalized spacial score (nSPS) is 19.1. The highest BCUT2D eigenvalue weighted by Crippen LogP contribution is 2.28. The molecule has 0 N–H and O–H groups in total. The number of likely N-dealkylation sites (tertiary alicyclic amines) is 1. The van der Waals surface area contributed by atoms with E-state index in [2.05, 4.69) is 31.9 Å². The van der Waals surface area contributed by atoms with E-state index in [0.29, 0.717) is 30.3 Å². The number of fused-ring (bicyclic) bond motifs is 1. The molecular weight excluding hydrogens is 356 g/mol. The quantitative estimate of drug-likeness (QED) is 0.805. The van der Waals surface area contributed by atoms with Gasteiger partial charge in [0.2, 0.25) is 0 Å². The lowest BCUT2D eigenvalue weighted by molar-refractivity contribution is 0.0755. The predicted octanol–water partition coefficient (Wildman–Crippen LogP) is 2.21. The van der Waals surface area contributed by atoms with E-state index in [1.807, 2.05) is 25.7 Å². The molecule has 1 saturated heterocycles. The third kappa shape index (κ3) is 3.45. The van der Waals surface area contributed by atoms with Crippen LogP contribution >= 0.6 is 0 Å². The van der Waals surface area contributed by atoms with Gasteiger partial charge in [-0.25, -0.2) is 0 Å². The maximum absolute atomic E-state index is 13.2. The molecule has 4 heterocycles. The number of nitrogens with zero attached hydrogens (tertiary/aromatic N) is 6. The van der Waals surface area contributed by atoms with Gasteiger partial charge in [0, 0.05) is 32.0 Å². The smallest absolute Gasteiger partial charge is 0.259 e. The molecule has 2 aromatic heterocycles. The van der Waals surface area contributed by atoms with Crippen molar-refractivity contribution >= 4 is 5.91 Å². The van der Waals surface area contributed by atoms with Crippen molar-refractivity contribution in [1.82, 2.24) is 29.7 Å². The van der Waals surface area contributed by atoms with Crippen molar-refractivity contribution in [3.63, 3.8) is 0 Å². The number of carbonyl (C=O) groups is 1. The van der Waals surface area contributed by atoms with Crippen LogP contribution in [0.2, 0.25) is 0 Å². The molecule has 2 aliphatic heterocycles. The van der Waals surface area contributed by atoms with E-state index in [0.717, 1.165) is 56.2 Å². The van der Waals surface area contributed by atoms with Crippen molar-refractivity contribution in [2.45, 2.75) is 58.4 Å². The van der Waals surface area contributed by atoms with Crippen LogP contribution in [-0.4, -0.2) is 68.9 Å². The molecule has 0 radical (unpaired) electrons. The molecule has 2 aromatic rings. The van der Waals surface area contributed by atoms with Crippen LogP contribution in [0.25, 0.3) is 0 Å². The largest absolute Gasteiger partial charge is 0.361 e. The van der Waals surface area contributed by atoms with E-state index in [1.165, 1.54) is 0 Å².